The molecule has 0 aliphatic carbocycles. The molecule has 0 aromatic heterocycles. The highest BCUT2D eigenvalue weighted by molar-refractivity contribution is 6.75. The van der Waals surface area contributed by atoms with Crippen molar-refractivity contribution in [3.8, 4) is 0 Å². The molecule has 12 heavy (non-hydrogen) atoms. The van der Waals surface area contributed by atoms with Crippen LogP contribution in [-0.2, 0) is 4.43 Å². The first-order valence-electron chi connectivity index (χ1n) is 4.55. The Morgan fingerprint density at radius 3 is 2.08 bits per heavy atom. The smallest absolute Gasteiger partial charge is 0.252 e. The van der Waals surface area contributed by atoms with Crippen LogP contribution in [0.3, 0.4) is 0 Å². The molecule has 0 aromatic rings. The molecule has 0 bridgehead atoms. The molecule has 0 amide bonds. The first kappa shape index (κ1) is 9.77. The van der Waals surface area contributed by atoms with Crippen LogP contribution in [-0.4, -0.2) is 20.8 Å². The number of rotatable bonds is 1. The van der Waals surface area contributed by atoms with Crippen molar-refractivity contribution in [2.75, 3.05) is 6.54 Å². The molecule has 0 aromatic carbocycles. The van der Waals surface area contributed by atoms with E-state index in [1.165, 1.54) is 0 Å². The molecular formula is C9H19NOSi. The van der Waals surface area contributed by atoms with E-state index in [1.807, 2.05) is 0 Å². The zero-order valence-electron chi connectivity index (χ0n) is 8.77. The normalized spacial score (nSPS) is 18.2. The second-order valence-electron chi connectivity index (χ2n) is 4.89. The van der Waals surface area contributed by atoms with Crippen molar-refractivity contribution in [3.63, 3.8) is 0 Å². The van der Waals surface area contributed by atoms with Gasteiger partial charge < -0.3 is 4.43 Å². The summed E-state index contributed by atoms with van der Waals surface area (Å²) in [4.78, 5) is 4.20. The lowest BCUT2D eigenvalue weighted by atomic mass is 10.2. The Balaban J connectivity index is 2.59. The second-order valence-corrected chi connectivity index (χ2v) is 9.61. The molecule has 2 nitrogen and oxygen atoms in total. The van der Waals surface area contributed by atoms with Crippen molar-refractivity contribution in [3.05, 3.63) is 0 Å². The summed E-state index contributed by atoms with van der Waals surface area (Å²) in [5.41, 5.74) is 0. The van der Waals surface area contributed by atoms with Crippen LogP contribution in [0.1, 0.15) is 27.2 Å². The van der Waals surface area contributed by atoms with Crippen LogP contribution in [0.5, 0.6) is 0 Å². The minimum absolute atomic E-state index is 0.297. The van der Waals surface area contributed by atoms with Gasteiger partial charge in [0, 0.05) is 6.42 Å². The van der Waals surface area contributed by atoms with E-state index >= 15 is 0 Å². The van der Waals surface area contributed by atoms with Crippen LogP contribution in [0, 0.1) is 0 Å². The van der Waals surface area contributed by atoms with Gasteiger partial charge in [-0.2, -0.15) is 0 Å². The van der Waals surface area contributed by atoms with Crippen LogP contribution >= 0.6 is 0 Å². The maximum atomic E-state index is 5.93. The van der Waals surface area contributed by atoms with E-state index in [1.54, 1.807) is 0 Å². The largest absolute Gasteiger partial charge is 0.534 e. The maximum Gasteiger partial charge on any atom is 0.252 e. The van der Waals surface area contributed by atoms with Crippen molar-refractivity contribution in [1.29, 1.82) is 0 Å². The molecule has 1 aliphatic heterocycles. The van der Waals surface area contributed by atoms with Gasteiger partial charge in [-0.15, -0.1) is 0 Å². The summed E-state index contributed by atoms with van der Waals surface area (Å²) in [5, 5.41) is 0.297. The Morgan fingerprint density at radius 2 is 1.83 bits per heavy atom. The number of aliphatic imine (C=N–C) groups is 1. The summed E-state index contributed by atoms with van der Waals surface area (Å²) in [6.45, 7) is 12.2. The fourth-order valence-electron chi connectivity index (χ4n) is 0.734. The molecule has 0 atom stereocenters. The van der Waals surface area contributed by atoms with Gasteiger partial charge in [-0.1, -0.05) is 20.8 Å². The molecule has 3 heteroatoms. The molecule has 1 rings (SSSR count). The third kappa shape index (κ3) is 1.89. The molecule has 0 spiro atoms. The summed E-state index contributed by atoms with van der Waals surface area (Å²) in [5.74, 6) is 0.988. The topological polar surface area (TPSA) is 21.6 Å². The predicted molar refractivity (Wildman–Crippen MR) is 55.2 cm³/mol. The Kier molecular flexibility index (Phi) is 2.34. The van der Waals surface area contributed by atoms with Crippen molar-refractivity contribution >= 4 is 14.2 Å². The Morgan fingerprint density at radius 1 is 1.33 bits per heavy atom. The van der Waals surface area contributed by atoms with E-state index < -0.39 is 8.32 Å². The third-order valence-corrected chi connectivity index (χ3v) is 7.15. The fraction of sp³-hybridized carbons (Fsp3) is 0.889. The fourth-order valence-corrected chi connectivity index (χ4v) is 1.80. The molecule has 0 N–H and O–H groups in total. The van der Waals surface area contributed by atoms with Gasteiger partial charge in [-0.25, -0.2) is 0 Å². The van der Waals surface area contributed by atoms with Gasteiger partial charge in [0.15, 0.2) is 5.90 Å². The monoisotopic (exact) mass is 185 g/mol. The Labute approximate surface area is 76.2 Å². The van der Waals surface area contributed by atoms with Crippen LogP contribution in [0.2, 0.25) is 18.1 Å². The summed E-state index contributed by atoms with van der Waals surface area (Å²) in [6.07, 6.45) is 1.05. The van der Waals surface area contributed by atoms with Gasteiger partial charge in [-0.3, -0.25) is 4.99 Å². The molecular weight excluding hydrogens is 166 g/mol. The number of hydrogen-bond donors (Lipinski definition) is 0. The van der Waals surface area contributed by atoms with Crippen LogP contribution in [0.4, 0.5) is 0 Å². The molecule has 0 unspecified atom stereocenters. The van der Waals surface area contributed by atoms with E-state index in [2.05, 4.69) is 38.9 Å². The first-order valence-corrected chi connectivity index (χ1v) is 7.46. The molecule has 0 radical (unpaired) electrons. The highest BCUT2D eigenvalue weighted by Crippen LogP contribution is 2.37. The van der Waals surface area contributed by atoms with Gasteiger partial charge in [0.2, 0.25) is 0 Å². The van der Waals surface area contributed by atoms with Gasteiger partial charge in [0.05, 0.1) is 6.54 Å². The molecule has 1 aliphatic rings. The highest BCUT2D eigenvalue weighted by atomic mass is 28.4. The number of nitrogens with zero attached hydrogens (tertiary/aromatic N) is 1. The van der Waals surface area contributed by atoms with Gasteiger partial charge in [-0.05, 0) is 18.1 Å². The maximum absolute atomic E-state index is 5.93. The minimum Gasteiger partial charge on any atom is -0.534 e. The lowest BCUT2D eigenvalue weighted by molar-refractivity contribution is 0.457. The van der Waals surface area contributed by atoms with Crippen molar-refractivity contribution in [1.82, 2.24) is 0 Å². The number of hydrogen-bond acceptors (Lipinski definition) is 2. The predicted octanol–water partition coefficient (Wildman–Crippen LogP) is 2.81. The lowest BCUT2D eigenvalue weighted by Crippen LogP contribution is -2.43. The zero-order valence-corrected chi connectivity index (χ0v) is 9.77. The molecule has 0 saturated heterocycles. The van der Waals surface area contributed by atoms with Crippen molar-refractivity contribution in [2.24, 2.45) is 4.99 Å². The van der Waals surface area contributed by atoms with Crippen molar-refractivity contribution in [2.45, 2.75) is 45.3 Å². The third-order valence-electron chi connectivity index (χ3n) is 2.79. The van der Waals surface area contributed by atoms with Gasteiger partial charge in [0.1, 0.15) is 0 Å². The highest BCUT2D eigenvalue weighted by Gasteiger charge is 2.40. The lowest BCUT2D eigenvalue weighted by Gasteiger charge is -2.37. The standard InChI is InChI=1S/C9H19NOSi/c1-9(2,3)12(4,5)11-8-6-7-10-8/h6-7H2,1-5H3. The van der Waals surface area contributed by atoms with Gasteiger partial charge >= 0.3 is 0 Å². The van der Waals surface area contributed by atoms with Crippen LogP contribution in [0.15, 0.2) is 4.99 Å². The molecule has 70 valence electrons. The van der Waals surface area contributed by atoms with Crippen molar-refractivity contribution < 1.29 is 4.43 Å². The zero-order chi connectivity index (χ0) is 9.41. The first-order chi connectivity index (χ1) is 5.33. The molecule has 1 heterocycles. The van der Waals surface area contributed by atoms with Crippen LogP contribution < -0.4 is 0 Å². The van der Waals surface area contributed by atoms with E-state index in [-0.39, 0.29) is 0 Å². The van der Waals surface area contributed by atoms with E-state index in [0.717, 1.165) is 18.9 Å². The molecule has 0 saturated carbocycles. The SMILES string of the molecule is CC(C)(C)[Si](C)(C)OC1=NCC1. The average molecular weight is 185 g/mol. The van der Waals surface area contributed by atoms with E-state index in [4.69, 9.17) is 4.43 Å². The minimum atomic E-state index is -1.57. The Bertz CT molecular complexity index is 203. The quantitative estimate of drug-likeness (QED) is 0.576. The van der Waals surface area contributed by atoms with E-state index in [0.29, 0.717) is 5.04 Å². The summed E-state index contributed by atoms with van der Waals surface area (Å²) >= 11 is 0. The summed E-state index contributed by atoms with van der Waals surface area (Å²) in [6, 6.07) is 0. The average Bonchev–Trinajstić information content (AvgIpc) is 1.76. The summed E-state index contributed by atoms with van der Waals surface area (Å²) < 4.78 is 5.93. The van der Waals surface area contributed by atoms with E-state index in [9.17, 15) is 0 Å². The summed E-state index contributed by atoms with van der Waals surface area (Å²) in [7, 11) is -1.57. The molecule has 0 fully saturated rings. The van der Waals surface area contributed by atoms with Crippen LogP contribution in [0.25, 0.3) is 0 Å². The van der Waals surface area contributed by atoms with Gasteiger partial charge in [0.25, 0.3) is 8.32 Å². The second kappa shape index (κ2) is 2.87. The Hall–Kier alpha value is -0.313.